The van der Waals surface area contributed by atoms with Gasteiger partial charge in [-0.3, -0.25) is 0 Å². The summed E-state index contributed by atoms with van der Waals surface area (Å²) in [5, 5.41) is 5.57. The normalized spacial score (nSPS) is 21.5. The molecule has 0 bridgehead atoms. The first-order valence-electron chi connectivity index (χ1n) is 22.4. The van der Waals surface area contributed by atoms with Gasteiger partial charge < -0.3 is 0 Å². The molecule has 0 aliphatic heterocycles. The molecule has 20 radical (unpaired) electrons. The Balaban J connectivity index is 0.000000856. The molecule has 0 unspecified atom stereocenters. The first-order valence-corrected chi connectivity index (χ1v) is 39.1. The number of benzene rings is 4. The van der Waals surface area contributed by atoms with Crippen molar-refractivity contribution in [1.82, 2.24) is 0 Å². The van der Waals surface area contributed by atoms with Gasteiger partial charge in [0.25, 0.3) is 0 Å². The molecule has 0 amide bonds. The second-order valence-electron chi connectivity index (χ2n) is 16.9. The van der Waals surface area contributed by atoms with Crippen LogP contribution in [-0.4, -0.2) is 16.1 Å². The number of hydrogen-bond donors (Lipinski definition) is 0. The molecule has 4 fully saturated rings. The van der Waals surface area contributed by atoms with E-state index in [1.54, 1.807) is 0 Å². The molecular formula is C60H42Cl4Si2Zr2+4. The number of halogens is 4. The van der Waals surface area contributed by atoms with Gasteiger partial charge in [0.2, 0.25) is 0 Å². The van der Waals surface area contributed by atoms with Crippen molar-refractivity contribution in [2.24, 2.45) is 0 Å². The van der Waals surface area contributed by atoms with Crippen molar-refractivity contribution in [3.05, 3.63) is 327 Å². The standard InChI is InChI=1S/C60H42Si2.4ClH.2Zr/c1-3-19-49(20-4-1)61(57-39-31-45-15-7-11-23-53(45)57,58-40-32-46-16-8-12-24-54(46)58)51-35-27-43(28-36-51)44-29-37-52(38-30-44)62(50-21-5-2-6-22-50,59-41-33-47-17-9-13-25-55(47)59)60-42-34-48-18-10-14-26-56(48)60;;;;;;/h1-42H;4*1H;;/q;;;;;2*+4/p-4. The van der Waals surface area contributed by atoms with Crippen LogP contribution in [0.4, 0.5) is 0 Å². The Hall–Kier alpha value is -1.84. The van der Waals surface area contributed by atoms with Crippen LogP contribution in [0.2, 0.25) is 0 Å². The second-order valence-corrected chi connectivity index (χ2v) is 31.8. The number of allylic oxidation sites excluding steroid dienone is 16. The molecule has 8 heteroatoms. The number of rotatable bonds is 9. The zero-order valence-electron chi connectivity index (χ0n) is 36.8. The molecule has 0 N–H and O–H groups in total. The van der Waals surface area contributed by atoms with E-state index in [1.807, 2.05) is 0 Å². The Kier molecular flexibility index (Phi) is 16.8. The molecule has 0 spiro atoms. The predicted octanol–water partition coefficient (Wildman–Crippen LogP) is 12.5. The Labute approximate surface area is 446 Å². The molecular weight excluding hydrogens is 1100 g/mol. The van der Waals surface area contributed by atoms with Crippen LogP contribution >= 0.6 is 34.1 Å². The average molecular weight is 1140 g/mol. The van der Waals surface area contributed by atoms with Crippen LogP contribution in [0, 0.1) is 121 Å². The number of hydrogen-bond acceptors (Lipinski definition) is 0. The third-order valence-corrected chi connectivity index (χ3v) is 23.5. The molecule has 8 aliphatic rings. The van der Waals surface area contributed by atoms with Gasteiger partial charge in [0.1, 0.15) is 16.1 Å². The minimum absolute atomic E-state index is 0.826. The van der Waals surface area contributed by atoms with E-state index in [2.05, 4.69) is 258 Å². The summed E-state index contributed by atoms with van der Waals surface area (Å²) in [6.45, 7) is 0. The van der Waals surface area contributed by atoms with Crippen LogP contribution < -0.4 is 20.7 Å². The van der Waals surface area contributed by atoms with E-state index in [1.165, 1.54) is 101 Å². The van der Waals surface area contributed by atoms with Crippen LogP contribution in [0.15, 0.2) is 206 Å². The summed E-state index contributed by atoms with van der Waals surface area (Å²) in [6.07, 6.45) is 54.8. The van der Waals surface area contributed by atoms with Gasteiger partial charge >= 0.3 is 75.7 Å². The van der Waals surface area contributed by atoms with Gasteiger partial charge in [-0.25, -0.2) is 0 Å². The van der Waals surface area contributed by atoms with Gasteiger partial charge in [-0.2, -0.15) is 0 Å². The first-order chi connectivity index (χ1) is 33.6. The first kappa shape index (κ1) is 49.7. The summed E-state index contributed by atoms with van der Waals surface area (Å²) in [5.74, 6) is 10.5. The van der Waals surface area contributed by atoms with Gasteiger partial charge in [0.05, 0.1) is 0 Å². The molecule has 68 heavy (non-hydrogen) atoms. The van der Waals surface area contributed by atoms with E-state index in [0.717, 1.165) is 0 Å². The third-order valence-electron chi connectivity index (χ3n) is 13.7. The predicted molar refractivity (Wildman–Crippen MR) is 285 cm³/mol. The zero-order valence-corrected chi connectivity index (χ0v) is 46.7. The van der Waals surface area contributed by atoms with Crippen molar-refractivity contribution < 1.29 is 41.7 Å². The van der Waals surface area contributed by atoms with Crippen molar-refractivity contribution in [3.63, 3.8) is 0 Å². The van der Waals surface area contributed by atoms with Crippen molar-refractivity contribution >= 4 is 70.9 Å². The van der Waals surface area contributed by atoms with E-state index in [4.69, 9.17) is 34.1 Å². The monoisotopic (exact) mass is 1140 g/mol. The van der Waals surface area contributed by atoms with Gasteiger partial charge in [0.15, 0.2) is 0 Å². The van der Waals surface area contributed by atoms with Crippen LogP contribution in [0.3, 0.4) is 0 Å². The van der Waals surface area contributed by atoms with Gasteiger partial charge in [-0.05, 0) is 84.7 Å². The van der Waals surface area contributed by atoms with Crippen LogP contribution in [0.25, 0.3) is 11.1 Å². The summed E-state index contributed by atoms with van der Waals surface area (Å²) in [5.41, 5.74) is 8.20. The second kappa shape index (κ2) is 22.9. The van der Waals surface area contributed by atoms with E-state index >= 15 is 0 Å². The third kappa shape index (κ3) is 9.27. The Bertz CT molecular complexity index is 2300. The maximum absolute atomic E-state index is 4.93. The Morgan fingerprint density at radius 2 is 0.500 bits per heavy atom. The molecule has 322 valence electrons. The van der Waals surface area contributed by atoms with E-state index in [9.17, 15) is 0 Å². The Morgan fingerprint density at radius 3 is 0.765 bits per heavy atom. The summed E-state index contributed by atoms with van der Waals surface area (Å²) in [4.78, 5) is 0. The van der Waals surface area contributed by atoms with Crippen molar-refractivity contribution in [2.75, 3.05) is 0 Å². The molecule has 0 saturated heterocycles. The zero-order chi connectivity index (χ0) is 46.5. The van der Waals surface area contributed by atoms with Crippen molar-refractivity contribution in [3.8, 4) is 11.1 Å². The summed E-state index contributed by atoms with van der Waals surface area (Å²) in [6, 6.07) is 42.0. The van der Waals surface area contributed by atoms with E-state index < -0.39 is 57.8 Å². The molecule has 0 aromatic heterocycles. The van der Waals surface area contributed by atoms with Crippen LogP contribution in [0.5, 0.6) is 0 Å². The molecule has 0 nitrogen and oxygen atoms in total. The van der Waals surface area contributed by atoms with Crippen LogP contribution in [-0.2, 0) is 41.7 Å². The summed E-state index contributed by atoms with van der Waals surface area (Å²) in [7, 11) is 14.1. The Morgan fingerprint density at radius 1 is 0.265 bits per heavy atom. The quantitative estimate of drug-likeness (QED) is 0.147. The van der Waals surface area contributed by atoms with E-state index in [0.29, 0.717) is 0 Å². The van der Waals surface area contributed by atoms with Gasteiger partial charge in [-0.1, -0.05) is 227 Å². The van der Waals surface area contributed by atoms with Crippen molar-refractivity contribution in [1.29, 1.82) is 0 Å². The fraction of sp³-hybridized carbons (Fsp3) is 0. The molecule has 4 aromatic carbocycles. The molecule has 12 rings (SSSR count). The topological polar surface area (TPSA) is 0 Å². The minimum atomic E-state index is -2.82. The van der Waals surface area contributed by atoms with Gasteiger partial charge in [0, 0.05) is 47.3 Å². The number of fused-ring (bicyclic) bond motifs is 4. The molecule has 0 atom stereocenters. The summed E-state index contributed by atoms with van der Waals surface area (Å²) >= 11 is -1.65. The molecule has 8 aliphatic carbocycles. The molecule has 0 heterocycles. The molecule has 4 saturated carbocycles. The van der Waals surface area contributed by atoms with E-state index in [-0.39, 0.29) is 0 Å². The van der Waals surface area contributed by atoms with Crippen molar-refractivity contribution in [2.45, 2.75) is 0 Å². The maximum atomic E-state index is 4.93. The SMILES string of the molecule is [CH]1[CH][C]([Si]([C]2[CH][CH][C]3C=CC=C[C]32)(c2ccccc2)c2ccc(-c3ccc([Si]([C]4[CH][CH][C]5C=CC=C[C]54)([C]4[CH][CH][C]5C=CC=C[C]54)c4ccccc4)cc3)cc2)[C]2C=CC=C[C]12.[Cl][Zr+2][Cl].[Cl][Zr+2][Cl]. The van der Waals surface area contributed by atoms with Gasteiger partial charge in [-0.15, -0.1) is 0 Å². The van der Waals surface area contributed by atoms with Crippen LogP contribution in [0.1, 0.15) is 0 Å². The average Bonchev–Trinajstić information content (AvgIpc) is 4.23. The summed E-state index contributed by atoms with van der Waals surface area (Å²) < 4.78 is 0. The fourth-order valence-corrected chi connectivity index (χ4v) is 21.3. The fourth-order valence-electron chi connectivity index (χ4n) is 11.0. The molecule has 4 aromatic rings.